The second kappa shape index (κ2) is 6.84. The number of aryl methyl sites for hydroxylation is 1. The molecule has 26 heavy (non-hydrogen) atoms. The smallest absolute Gasteiger partial charge is 0.159 e. The van der Waals surface area contributed by atoms with E-state index in [1.54, 1.807) is 6.33 Å². The van der Waals surface area contributed by atoms with Gasteiger partial charge in [-0.3, -0.25) is 0 Å². The standard InChI is InChI=1S/C20H20ClN5/c1-13-6-7-16(21)10-17(13)25-19-18(22)20(24-12-23-19)26-9-8-14-4-2-3-5-15(14)11-26/h2-7,10,12H,8-9,11,22H2,1H3,(H,23,24,25). The summed E-state index contributed by atoms with van der Waals surface area (Å²) in [5, 5.41) is 3.96. The van der Waals surface area contributed by atoms with Gasteiger partial charge in [0.05, 0.1) is 0 Å². The van der Waals surface area contributed by atoms with E-state index in [0.29, 0.717) is 16.5 Å². The molecule has 4 rings (SSSR count). The van der Waals surface area contributed by atoms with E-state index in [2.05, 4.69) is 44.5 Å². The van der Waals surface area contributed by atoms with Gasteiger partial charge < -0.3 is 16.0 Å². The average Bonchev–Trinajstić information content (AvgIpc) is 2.66. The Hall–Kier alpha value is -2.79. The zero-order valence-electron chi connectivity index (χ0n) is 14.5. The van der Waals surface area contributed by atoms with E-state index < -0.39 is 0 Å². The first-order valence-corrected chi connectivity index (χ1v) is 8.95. The van der Waals surface area contributed by atoms with Crippen LogP contribution in [0.5, 0.6) is 0 Å². The predicted octanol–water partition coefficient (Wildman–Crippen LogP) is 4.33. The summed E-state index contributed by atoms with van der Waals surface area (Å²) in [7, 11) is 0. The van der Waals surface area contributed by atoms with Crippen LogP contribution >= 0.6 is 11.6 Å². The summed E-state index contributed by atoms with van der Waals surface area (Å²) >= 11 is 6.11. The van der Waals surface area contributed by atoms with E-state index in [4.69, 9.17) is 17.3 Å². The third-order valence-electron chi connectivity index (χ3n) is 4.75. The number of hydrogen-bond donors (Lipinski definition) is 2. The molecule has 5 nitrogen and oxygen atoms in total. The van der Waals surface area contributed by atoms with E-state index in [1.165, 1.54) is 11.1 Å². The number of benzene rings is 2. The van der Waals surface area contributed by atoms with Gasteiger partial charge in [-0.15, -0.1) is 0 Å². The lowest BCUT2D eigenvalue weighted by Gasteiger charge is -2.30. The molecule has 0 radical (unpaired) electrons. The van der Waals surface area contributed by atoms with Crippen molar-refractivity contribution in [3.8, 4) is 0 Å². The Morgan fingerprint density at radius 2 is 1.92 bits per heavy atom. The Balaban J connectivity index is 1.63. The van der Waals surface area contributed by atoms with Crippen molar-refractivity contribution in [2.24, 2.45) is 0 Å². The number of nitrogens with two attached hydrogens (primary N) is 1. The quantitative estimate of drug-likeness (QED) is 0.723. The van der Waals surface area contributed by atoms with Crippen molar-refractivity contribution in [3.05, 3.63) is 70.5 Å². The maximum Gasteiger partial charge on any atom is 0.159 e. The molecule has 1 aromatic heterocycles. The van der Waals surface area contributed by atoms with Crippen LogP contribution < -0.4 is 16.0 Å². The summed E-state index contributed by atoms with van der Waals surface area (Å²) in [4.78, 5) is 11.0. The van der Waals surface area contributed by atoms with Gasteiger partial charge in [-0.05, 0) is 42.2 Å². The lowest BCUT2D eigenvalue weighted by atomic mass is 10.00. The number of fused-ring (bicyclic) bond motifs is 1. The van der Waals surface area contributed by atoms with Gasteiger partial charge in [0.1, 0.15) is 12.0 Å². The highest BCUT2D eigenvalue weighted by molar-refractivity contribution is 6.30. The molecule has 0 saturated carbocycles. The van der Waals surface area contributed by atoms with Gasteiger partial charge in [0.2, 0.25) is 0 Å². The third kappa shape index (κ3) is 3.18. The van der Waals surface area contributed by atoms with Crippen molar-refractivity contribution >= 4 is 34.6 Å². The molecule has 3 aromatic rings. The van der Waals surface area contributed by atoms with Crippen molar-refractivity contribution in [1.29, 1.82) is 0 Å². The van der Waals surface area contributed by atoms with Gasteiger partial charge in [0.25, 0.3) is 0 Å². The van der Waals surface area contributed by atoms with Crippen molar-refractivity contribution in [2.45, 2.75) is 19.9 Å². The van der Waals surface area contributed by atoms with Gasteiger partial charge in [-0.25, -0.2) is 9.97 Å². The van der Waals surface area contributed by atoms with Crippen LogP contribution in [-0.4, -0.2) is 16.5 Å². The SMILES string of the molecule is Cc1ccc(Cl)cc1Nc1ncnc(N2CCc3ccccc3C2)c1N. The molecule has 2 aromatic carbocycles. The molecule has 0 saturated heterocycles. The van der Waals surface area contributed by atoms with Crippen LogP contribution in [0, 0.1) is 6.92 Å². The number of nitrogens with one attached hydrogen (secondary N) is 1. The molecular formula is C20H20ClN5. The molecule has 132 valence electrons. The zero-order chi connectivity index (χ0) is 18.1. The average molecular weight is 366 g/mol. The first-order valence-electron chi connectivity index (χ1n) is 8.57. The monoisotopic (exact) mass is 365 g/mol. The lowest BCUT2D eigenvalue weighted by Crippen LogP contribution is -2.31. The minimum Gasteiger partial charge on any atom is -0.393 e. The van der Waals surface area contributed by atoms with Crippen LogP contribution in [0.4, 0.5) is 23.0 Å². The fourth-order valence-corrected chi connectivity index (χ4v) is 3.44. The fourth-order valence-electron chi connectivity index (χ4n) is 3.27. The van der Waals surface area contributed by atoms with Crippen LogP contribution in [-0.2, 0) is 13.0 Å². The number of hydrogen-bond acceptors (Lipinski definition) is 5. The second-order valence-electron chi connectivity index (χ2n) is 6.48. The van der Waals surface area contributed by atoms with Crippen LogP contribution in [0.3, 0.4) is 0 Å². The Morgan fingerprint density at radius 1 is 1.12 bits per heavy atom. The van der Waals surface area contributed by atoms with Gasteiger partial charge in [0.15, 0.2) is 11.6 Å². The number of nitrogen functional groups attached to an aromatic ring is 1. The Labute approximate surface area is 157 Å². The molecular weight excluding hydrogens is 346 g/mol. The Kier molecular flexibility index (Phi) is 4.39. The second-order valence-corrected chi connectivity index (χ2v) is 6.92. The van der Waals surface area contributed by atoms with Gasteiger partial charge >= 0.3 is 0 Å². The van der Waals surface area contributed by atoms with Gasteiger partial charge in [-0.1, -0.05) is 41.9 Å². The summed E-state index contributed by atoms with van der Waals surface area (Å²) in [6.07, 6.45) is 2.53. The molecule has 0 fully saturated rings. The Morgan fingerprint density at radius 3 is 2.77 bits per heavy atom. The third-order valence-corrected chi connectivity index (χ3v) is 4.98. The molecule has 0 spiro atoms. The maximum absolute atomic E-state index is 6.41. The number of anilines is 4. The topological polar surface area (TPSA) is 67.1 Å². The van der Waals surface area contributed by atoms with E-state index in [0.717, 1.165) is 36.6 Å². The zero-order valence-corrected chi connectivity index (χ0v) is 15.3. The fraction of sp³-hybridized carbons (Fsp3) is 0.200. The van der Waals surface area contributed by atoms with Crippen molar-refractivity contribution in [1.82, 2.24) is 9.97 Å². The molecule has 1 aliphatic heterocycles. The summed E-state index contributed by atoms with van der Waals surface area (Å²) in [6.45, 7) is 3.69. The largest absolute Gasteiger partial charge is 0.393 e. The van der Waals surface area contributed by atoms with E-state index in [-0.39, 0.29) is 0 Å². The van der Waals surface area contributed by atoms with E-state index in [1.807, 2.05) is 25.1 Å². The number of halogens is 1. The molecule has 0 amide bonds. The molecule has 1 aliphatic rings. The van der Waals surface area contributed by atoms with Crippen LogP contribution in [0.25, 0.3) is 0 Å². The highest BCUT2D eigenvalue weighted by Crippen LogP contribution is 2.33. The summed E-state index contributed by atoms with van der Waals surface area (Å²) in [6, 6.07) is 14.2. The molecule has 0 bridgehead atoms. The predicted molar refractivity (Wildman–Crippen MR) is 107 cm³/mol. The highest BCUT2D eigenvalue weighted by Gasteiger charge is 2.20. The van der Waals surface area contributed by atoms with E-state index >= 15 is 0 Å². The normalized spacial score (nSPS) is 13.4. The first kappa shape index (κ1) is 16.7. The molecule has 3 N–H and O–H groups in total. The van der Waals surface area contributed by atoms with Crippen LogP contribution in [0.2, 0.25) is 5.02 Å². The van der Waals surface area contributed by atoms with Crippen LogP contribution in [0.15, 0.2) is 48.8 Å². The molecule has 0 atom stereocenters. The molecule has 6 heteroatoms. The summed E-state index contributed by atoms with van der Waals surface area (Å²) < 4.78 is 0. The number of aromatic nitrogens is 2. The maximum atomic E-state index is 6.41. The Bertz CT molecular complexity index is 957. The number of nitrogens with zero attached hydrogens (tertiary/aromatic N) is 3. The van der Waals surface area contributed by atoms with Gasteiger partial charge in [0, 0.05) is 23.8 Å². The van der Waals surface area contributed by atoms with Crippen LogP contribution in [0.1, 0.15) is 16.7 Å². The molecule has 0 unspecified atom stereocenters. The van der Waals surface area contributed by atoms with E-state index in [9.17, 15) is 0 Å². The van der Waals surface area contributed by atoms with Crippen molar-refractivity contribution in [2.75, 3.05) is 22.5 Å². The summed E-state index contributed by atoms with van der Waals surface area (Å²) in [5.41, 5.74) is 11.6. The summed E-state index contributed by atoms with van der Waals surface area (Å²) in [5.74, 6) is 1.36. The molecule has 2 heterocycles. The number of rotatable bonds is 3. The minimum absolute atomic E-state index is 0.547. The van der Waals surface area contributed by atoms with Crippen molar-refractivity contribution in [3.63, 3.8) is 0 Å². The lowest BCUT2D eigenvalue weighted by molar-refractivity contribution is 0.721. The molecule has 0 aliphatic carbocycles. The highest BCUT2D eigenvalue weighted by atomic mass is 35.5. The van der Waals surface area contributed by atoms with Crippen molar-refractivity contribution < 1.29 is 0 Å². The first-order chi connectivity index (χ1) is 12.6. The van der Waals surface area contributed by atoms with Gasteiger partial charge in [-0.2, -0.15) is 0 Å². The minimum atomic E-state index is 0.547.